The van der Waals surface area contributed by atoms with Crippen LogP contribution < -0.4 is 5.73 Å². The van der Waals surface area contributed by atoms with Gasteiger partial charge in [0.1, 0.15) is 17.5 Å². The number of nitrogen functional groups attached to an aromatic ring is 1. The first-order valence-electron chi connectivity index (χ1n) is 7.22. The van der Waals surface area contributed by atoms with E-state index in [1.807, 2.05) is 37.3 Å². The number of aromatic nitrogens is 1. The fourth-order valence-electron chi connectivity index (χ4n) is 2.55. The molecule has 3 rings (SSSR count). The van der Waals surface area contributed by atoms with E-state index in [-0.39, 0.29) is 5.82 Å². The minimum absolute atomic E-state index is 0.169. The van der Waals surface area contributed by atoms with Gasteiger partial charge in [-0.05, 0) is 36.8 Å². The predicted molar refractivity (Wildman–Crippen MR) is 99.0 cm³/mol. The van der Waals surface area contributed by atoms with Crippen molar-refractivity contribution >= 4 is 29.0 Å². The van der Waals surface area contributed by atoms with Crippen molar-refractivity contribution in [1.29, 1.82) is 5.26 Å². The Balaban J connectivity index is 2.28. The molecule has 0 spiro atoms. The molecule has 2 N–H and O–H groups in total. The molecule has 0 bridgehead atoms. The zero-order valence-electron chi connectivity index (χ0n) is 12.8. The topological polar surface area (TPSA) is 62.7 Å². The first-order chi connectivity index (χ1) is 11.5. The molecular formula is C19H13Cl2N3. The SMILES string of the molecule is Cc1cccc(-c2cc(-c3cc(Cl)ccc3Cl)nc(N)c2C#N)c1. The van der Waals surface area contributed by atoms with Gasteiger partial charge >= 0.3 is 0 Å². The number of halogens is 2. The average Bonchev–Trinajstić information content (AvgIpc) is 2.56. The molecule has 118 valence electrons. The Morgan fingerprint density at radius 2 is 1.83 bits per heavy atom. The lowest BCUT2D eigenvalue weighted by Gasteiger charge is -2.12. The monoisotopic (exact) mass is 353 g/mol. The van der Waals surface area contributed by atoms with Crippen molar-refractivity contribution in [3.05, 3.63) is 69.7 Å². The molecule has 3 nitrogen and oxygen atoms in total. The van der Waals surface area contributed by atoms with Crippen LogP contribution in [0.15, 0.2) is 48.5 Å². The lowest BCUT2D eigenvalue weighted by atomic mass is 9.97. The van der Waals surface area contributed by atoms with E-state index in [1.165, 1.54) is 0 Å². The zero-order chi connectivity index (χ0) is 17.3. The molecule has 0 saturated carbocycles. The third-order valence-corrected chi connectivity index (χ3v) is 4.26. The molecule has 0 amide bonds. The van der Waals surface area contributed by atoms with Gasteiger partial charge in [-0.3, -0.25) is 0 Å². The van der Waals surface area contributed by atoms with Crippen LogP contribution in [-0.4, -0.2) is 4.98 Å². The maximum atomic E-state index is 9.47. The number of anilines is 1. The number of nitrogens with zero attached hydrogens (tertiary/aromatic N) is 2. The number of aryl methyl sites for hydroxylation is 1. The number of pyridine rings is 1. The minimum atomic E-state index is 0.169. The third-order valence-electron chi connectivity index (χ3n) is 3.69. The van der Waals surface area contributed by atoms with E-state index in [0.29, 0.717) is 26.9 Å². The van der Waals surface area contributed by atoms with Crippen LogP contribution in [0.1, 0.15) is 11.1 Å². The van der Waals surface area contributed by atoms with Gasteiger partial charge in [0, 0.05) is 16.1 Å². The maximum absolute atomic E-state index is 9.47. The van der Waals surface area contributed by atoms with Crippen LogP contribution in [-0.2, 0) is 0 Å². The molecule has 5 heteroatoms. The molecule has 0 fully saturated rings. The first-order valence-corrected chi connectivity index (χ1v) is 7.98. The van der Waals surface area contributed by atoms with Crippen LogP contribution >= 0.6 is 23.2 Å². The summed E-state index contributed by atoms with van der Waals surface area (Å²) < 4.78 is 0. The first kappa shape index (κ1) is 16.3. The molecule has 1 aromatic heterocycles. The predicted octanol–water partition coefficient (Wildman–Crippen LogP) is 5.48. The van der Waals surface area contributed by atoms with Crippen molar-refractivity contribution in [2.45, 2.75) is 6.92 Å². The Morgan fingerprint density at radius 3 is 2.54 bits per heavy atom. The highest BCUT2D eigenvalue weighted by Crippen LogP contribution is 2.35. The molecule has 0 radical (unpaired) electrons. The lowest BCUT2D eigenvalue weighted by molar-refractivity contribution is 1.31. The van der Waals surface area contributed by atoms with Gasteiger partial charge in [0.15, 0.2) is 0 Å². The summed E-state index contributed by atoms with van der Waals surface area (Å²) in [4.78, 5) is 4.34. The number of nitrogens with two attached hydrogens (primary N) is 1. The molecule has 24 heavy (non-hydrogen) atoms. The molecule has 0 aliphatic rings. The van der Waals surface area contributed by atoms with E-state index in [4.69, 9.17) is 28.9 Å². The summed E-state index contributed by atoms with van der Waals surface area (Å²) in [6.45, 7) is 1.99. The summed E-state index contributed by atoms with van der Waals surface area (Å²) in [5.41, 5.74) is 10.3. The highest BCUT2D eigenvalue weighted by molar-refractivity contribution is 6.35. The van der Waals surface area contributed by atoms with Gasteiger partial charge in [0.05, 0.1) is 10.7 Å². The van der Waals surface area contributed by atoms with Gasteiger partial charge in [-0.25, -0.2) is 4.98 Å². The van der Waals surface area contributed by atoms with E-state index >= 15 is 0 Å². The van der Waals surface area contributed by atoms with Gasteiger partial charge in [0.25, 0.3) is 0 Å². The number of hydrogen-bond acceptors (Lipinski definition) is 3. The molecular weight excluding hydrogens is 341 g/mol. The van der Waals surface area contributed by atoms with Gasteiger partial charge in [-0.2, -0.15) is 5.26 Å². The van der Waals surface area contributed by atoms with E-state index in [9.17, 15) is 5.26 Å². The molecule has 0 saturated heterocycles. The van der Waals surface area contributed by atoms with Crippen LogP contribution in [0.2, 0.25) is 10.0 Å². The molecule has 0 aliphatic heterocycles. The van der Waals surface area contributed by atoms with Crippen molar-refractivity contribution in [2.75, 3.05) is 5.73 Å². The van der Waals surface area contributed by atoms with Gasteiger partial charge in [-0.15, -0.1) is 0 Å². The summed E-state index contributed by atoms with van der Waals surface area (Å²) >= 11 is 12.3. The number of rotatable bonds is 2. The van der Waals surface area contributed by atoms with Crippen LogP contribution in [0, 0.1) is 18.3 Å². The summed E-state index contributed by atoms with van der Waals surface area (Å²) in [5, 5.41) is 10.5. The smallest absolute Gasteiger partial charge is 0.142 e. The highest BCUT2D eigenvalue weighted by atomic mass is 35.5. The Hall–Kier alpha value is -2.54. The van der Waals surface area contributed by atoms with Crippen molar-refractivity contribution in [2.24, 2.45) is 0 Å². The largest absolute Gasteiger partial charge is 0.383 e. The van der Waals surface area contributed by atoms with Gasteiger partial charge in [-0.1, -0.05) is 53.0 Å². The maximum Gasteiger partial charge on any atom is 0.142 e. The van der Waals surface area contributed by atoms with Gasteiger partial charge < -0.3 is 5.73 Å². The summed E-state index contributed by atoms with van der Waals surface area (Å²) in [7, 11) is 0. The van der Waals surface area contributed by atoms with E-state index in [0.717, 1.165) is 16.7 Å². The quantitative estimate of drug-likeness (QED) is 0.662. The zero-order valence-corrected chi connectivity index (χ0v) is 14.4. The van der Waals surface area contributed by atoms with Crippen LogP contribution in [0.25, 0.3) is 22.4 Å². The number of hydrogen-bond donors (Lipinski definition) is 1. The summed E-state index contributed by atoms with van der Waals surface area (Å²) in [6.07, 6.45) is 0. The average molecular weight is 354 g/mol. The summed E-state index contributed by atoms with van der Waals surface area (Å²) in [6, 6.07) is 17.0. The Labute approximate surface area is 150 Å². The molecule has 3 aromatic rings. The standard InChI is InChI=1S/C19H13Cl2N3/c1-11-3-2-4-12(7-11)14-9-18(24-19(23)16(14)10-22)15-8-13(20)5-6-17(15)21/h2-9H,1H3,(H2,23,24). The molecule has 0 atom stereocenters. The van der Waals surface area contributed by atoms with Crippen molar-refractivity contribution < 1.29 is 0 Å². The number of nitriles is 1. The summed E-state index contributed by atoms with van der Waals surface area (Å²) in [5.74, 6) is 0.169. The highest BCUT2D eigenvalue weighted by Gasteiger charge is 2.15. The number of benzene rings is 2. The molecule has 0 unspecified atom stereocenters. The second-order valence-corrected chi connectivity index (χ2v) is 6.26. The lowest BCUT2D eigenvalue weighted by Crippen LogP contribution is -2.00. The second kappa shape index (κ2) is 6.52. The molecule has 0 aliphatic carbocycles. The van der Waals surface area contributed by atoms with Crippen LogP contribution in [0.4, 0.5) is 5.82 Å². The van der Waals surface area contributed by atoms with Gasteiger partial charge in [0.2, 0.25) is 0 Å². The van der Waals surface area contributed by atoms with Crippen LogP contribution in [0.3, 0.4) is 0 Å². The third kappa shape index (κ3) is 3.07. The Kier molecular flexibility index (Phi) is 4.44. The van der Waals surface area contributed by atoms with Crippen molar-refractivity contribution in [3.63, 3.8) is 0 Å². The van der Waals surface area contributed by atoms with E-state index < -0.39 is 0 Å². The Morgan fingerprint density at radius 1 is 1.04 bits per heavy atom. The van der Waals surface area contributed by atoms with E-state index in [2.05, 4.69) is 11.1 Å². The Bertz CT molecular complexity index is 975. The van der Waals surface area contributed by atoms with E-state index in [1.54, 1.807) is 18.2 Å². The fourth-order valence-corrected chi connectivity index (χ4v) is 2.94. The molecule has 2 aromatic carbocycles. The normalized spacial score (nSPS) is 10.4. The fraction of sp³-hybridized carbons (Fsp3) is 0.0526. The van der Waals surface area contributed by atoms with Crippen molar-refractivity contribution in [3.8, 4) is 28.5 Å². The minimum Gasteiger partial charge on any atom is -0.383 e. The van der Waals surface area contributed by atoms with Crippen molar-refractivity contribution in [1.82, 2.24) is 4.98 Å². The second-order valence-electron chi connectivity index (χ2n) is 5.42. The molecule has 1 heterocycles. The van der Waals surface area contributed by atoms with Crippen LogP contribution in [0.5, 0.6) is 0 Å².